The number of ether oxygens (including phenoxy) is 1. The second-order valence-electron chi connectivity index (χ2n) is 7.08. The van der Waals surface area contributed by atoms with Crippen LogP contribution in [0.5, 0.6) is 0 Å². The predicted octanol–water partition coefficient (Wildman–Crippen LogP) is 1.38. The minimum absolute atomic E-state index is 0.122. The van der Waals surface area contributed by atoms with E-state index < -0.39 is 10.0 Å². The van der Waals surface area contributed by atoms with Gasteiger partial charge in [-0.25, -0.2) is 13.4 Å². The monoisotopic (exact) mass is 404 g/mol. The maximum absolute atomic E-state index is 12.9. The van der Waals surface area contributed by atoms with E-state index >= 15 is 0 Å². The Morgan fingerprint density at radius 3 is 2.54 bits per heavy atom. The van der Waals surface area contributed by atoms with E-state index in [4.69, 9.17) is 4.74 Å². The van der Waals surface area contributed by atoms with Crippen molar-refractivity contribution >= 4 is 15.9 Å². The van der Waals surface area contributed by atoms with Crippen LogP contribution in [0.2, 0.25) is 0 Å². The van der Waals surface area contributed by atoms with Gasteiger partial charge in [-0.3, -0.25) is 4.79 Å². The summed E-state index contributed by atoms with van der Waals surface area (Å²) in [7, 11) is -3.61. The van der Waals surface area contributed by atoms with Crippen LogP contribution in [0.1, 0.15) is 29.2 Å². The zero-order valence-corrected chi connectivity index (χ0v) is 16.4. The average molecular weight is 404 g/mol. The summed E-state index contributed by atoms with van der Waals surface area (Å²) < 4.78 is 34.4. The number of aromatic nitrogens is 2. The van der Waals surface area contributed by atoms with Crippen LogP contribution in [0.25, 0.3) is 0 Å². The molecule has 0 unspecified atom stereocenters. The van der Waals surface area contributed by atoms with Gasteiger partial charge in [-0.1, -0.05) is 6.07 Å². The molecule has 2 aliphatic rings. The minimum Gasteiger partial charge on any atom is -0.379 e. The second-order valence-corrected chi connectivity index (χ2v) is 9.02. The van der Waals surface area contributed by atoms with Gasteiger partial charge in [0, 0.05) is 50.2 Å². The number of amides is 1. The third-order valence-corrected chi connectivity index (χ3v) is 7.28. The van der Waals surface area contributed by atoms with Crippen molar-refractivity contribution < 1.29 is 17.9 Å². The largest absolute Gasteiger partial charge is 0.379 e. The molecule has 8 nitrogen and oxygen atoms in total. The second kappa shape index (κ2) is 8.02. The third-order valence-electron chi connectivity index (χ3n) is 5.39. The fourth-order valence-electron chi connectivity index (χ4n) is 3.76. The van der Waals surface area contributed by atoms with Gasteiger partial charge < -0.3 is 14.2 Å². The normalized spacial score (nSPS) is 19.6. The summed E-state index contributed by atoms with van der Waals surface area (Å²) in [6.07, 6.45) is 7.23. The molecule has 4 rings (SSSR count). The van der Waals surface area contributed by atoms with Gasteiger partial charge in [0.05, 0.1) is 24.4 Å². The first-order chi connectivity index (χ1) is 13.6. The fraction of sp³-hybridized carbons (Fsp3) is 0.474. The van der Waals surface area contributed by atoms with Crippen LogP contribution in [0.4, 0.5) is 0 Å². The van der Waals surface area contributed by atoms with Crippen LogP contribution < -0.4 is 0 Å². The number of rotatable bonds is 4. The van der Waals surface area contributed by atoms with E-state index in [0.717, 1.165) is 12.8 Å². The molecule has 0 bridgehead atoms. The van der Waals surface area contributed by atoms with E-state index in [1.807, 2.05) is 12.5 Å². The van der Waals surface area contributed by atoms with Crippen molar-refractivity contribution in [2.75, 3.05) is 39.4 Å². The Hall–Kier alpha value is -2.23. The van der Waals surface area contributed by atoms with Gasteiger partial charge >= 0.3 is 0 Å². The molecule has 1 aromatic heterocycles. The van der Waals surface area contributed by atoms with Crippen molar-refractivity contribution in [2.24, 2.45) is 0 Å². The first kappa shape index (κ1) is 19.1. The summed E-state index contributed by atoms with van der Waals surface area (Å²) in [5.41, 5.74) is 0.412. The Balaban J connectivity index is 1.46. The van der Waals surface area contributed by atoms with Gasteiger partial charge in [0.15, 0.2) is 0 Å². The molecular weight excluding hydrogens is 380 g/mol. The van der Waals surface area contributed by atoms with Gasteiger partial charge in [-0.05, 0) is 31.0 Å². The summed E-state index contributed by atoms with van der Waals surface area (Å²) in [5.74, 6) is -0.122. The van der Waals surface area contributed by atoms with E-state index in [2.05, 4.69) is 9.55 Å². The lowest BCUT2D eigenvalue weighted by Gasteiger charge is -2.32. The lowest BCUT2D eigenvalue weighted by molar-refractivity contribution is 0.0693. The molecule has 0 saturated carbocycles. The molecule has 9 heteroatoms. The Kier molecular flexibility index (Phi) is 5.47. The molecule has 150 valence electrons. The van der Waals surface area contributed by atoms with Crippen molar-refractivity contribution in [1.82, 2.24) is 18.8 Å². The van der Waals surface area contributed by atoms with Crippen LogP contribution in [0.15, 0.2) is 47.9 Å². The summed E-state index contributed by atoms with van der Waals surface area (Å²) in [6, 6.07) is 6.71. The molecular formula is C19H24N4O4S. The molecule has 2 aliphatic heterocycles. The van der Waals surface area contributed by atoms with Crippen molar-refractivity contribution in [1.29, 1.82) is 0 Å². The van der Waals surface area contributed by atoms with E-state index in [1.165, 1.54) is 10.4 Å². The quantitative estimate of drug-likeness (QED) is 0.769. The number of likely N-dealkylation sites (tertiary alicyclic amines) is 1. The Morgan fingerprint density at radius 1 is 1.11 bits per heavy atom. The highest BCUT2D eigenvalue weighted by atomic mass is 32.2. The van der Waals surface area contributed by atoms with Gasteiger partial charge in [0.1, 0.15) is 0 Å². The third kappa shape index (κ3) is 3.82. The van der Waals surface area contributed by atoms with Gasteiger partial charge in [-0.2, -0.15) is 4.31 Å². The molecule has 3 heterocycles. The Labute approximate surface area is 164 Å². The van der Waals surface area contributed by atoms with Crippen LogP contribution in [-0.4, -0.2) is 72.5 Å². The molecule has 2 aromatic rings. The van der Waals surface area contributed by atoms with Gasteiger partial charge in [0.25, 0.3) is 5.91 Å². The summed E-state index contributed by atoms with van der Waals surface area (Å²) in [6.45, 7) is 2.74. The van der Waals surface area contributed by atoms with Crippen LogP contribution >= 0.6 is 0 Å². The number of hydrogen-bond acceptors (Lipinski definition) is 5. The Bertz CT molecular complexity index is 915. The molecule has 2 fully saturated rings. The zero-order valence-electron chi connectivity index (χ0n) is 15.6. The number of nitrogens with zero attached hydrogens (tertiary/aromatic N) is 4. The molecule has 28 heavy (non-hydrogen) atoms. The van der Waals surface area contributed by atoms with Crippen LogP contribution in [-0.2, 0) is 14.8 Å². The standard InChI is InChI=1S/C19H24N4O4S/c24-19(21-7-4-17(5-8-21)22-9-6-20-15-22)16-2-1-3-18(14-16)28(25,26)23-10-12-27-13-11-23/h1-3,6,9,14-15,17H,4-5,7-8,10-13H2. The number of imidazole rings is 1. The molecule has 0 radical (unpaired) electrons. The highest BCUT2D eigenvalue weighted by Gasteiger charge is 2.28. The maximum Gasteiger partial charge on any atom is 0.253 e. The molecule has 2 saturated heterocycles. The molecule has 0 spiro atoms. The smallest absolute Gasteiger partial charge is 0.253 e. The highest BCUT2D eigenvalue weighted by Crippen LogP contribution is 2.24. The Morgan fingerprint density at radius 2 is 1.86 bits per heavy atom. The molecule has 0 aliphatic carbocycles. The highest BCUT2D eigenvalue weighted by molar-refractivity contribution is 7.89. The first-order valence-corrected chi connectivity index (χ1v) is 10.9. The van der Waals surface area contributed by atoms with Gasteiger partial charge in [-0.15, -0.1) is 0 Å². The SMILES string of the molecule is O=C(c1cccc(S(=O)(=O)N2CCOCC2)c1)N1CCC(n2ccnc2)CC1. The zero-order chi connectivity index (χ0) is 19.6. The van der Waals surface area contributed by atoms with E-state index in [0.29, 0.717) is 51.0 Å². The summed E-state index contributed by atoms with van der Waals surface area (Å²) in [5, 5.41) is 0. The van der Waals surface area contributed by atoms with Crippen molar-refractivity contribution in [3.05, 3.63) is 48.5 Å². The van der Waals surface area contributed by atoms with Gasteiger partial charge in [0.2, 0.25) is 10.0 Å². The van der Waals surface area contributed by atoms with E-state index in [1.54, 1.807) is 29.3 Å². The number of sulfonamides is 1. The molecule has 1 amide bonds. The molecule has 1 aromatic carbocycles. The van der Waals surface area contributed by atoms with Crippen LogP contribution in [0, 0.1) is 0 Å². The van der Waals surface area contributed by atoms with Crippen molar-refractivity contribution in [3.63, 3.8) is 0 Å². The van der Waals surface area contributed by atoms with E-state index in [-0.39, 0.29) is 10.8 Å². The van der Waals surface area contributed by atoms with Crippen molar-refractivity contribution in [2.45, 2.75) is 23.8 Å². The summed E-state index contributed by atoms with van der Waals surface area (Å²) >= 11 is 0. The summed E-state index contributed by atoms with van der Waals surface area (Å²) in [4.78, 5) is 19.0. The number of benzene rings is 1. The van der Waals surface area contributed by atoms with E-state index in [9.17, 15) is 13.2 Å². The van der Waals surface area contributed by atoms with Crippen LogP contribution in [0.3, 0.4) is 0 Å². The fourth-order valence-corrected chi connectivity index (χ4v) is 5.22. The molecule has 0 atom stereocenters. The van der Waals surface area contributed by atoms with Crippen molar-refractivity contribution in [3.8, 4) is 0 Å². The number of carbonyl (C=O) groups excluding carboxylic acids is 1. The minimum atomic E-state index is -3.61. The lowest BCUT2D eigenvalue weighted by Crippen LogP contribution is -2.41. The number of carbonyl (C=O) groups is 1. The lowest BCUT2D eigenvalue weighted by atomic mass is 10.0. The topological polar surface area (TPSA) is 84.7 Å². The first-order valence-electron chi connectivity index (χ1n) is 9.50. The average Bonchev–Trinajstić information content (AvgIpc) is 3.29. The maximum atomic E-state index is 12.9. The predicted molar refractivity (Wildman–Crippen MR) is 102 cm³/mol. The number of hydrogen-bond donors (Lipinski definition) is 0. The number of morpholine rings is 1. The number of piperidine rings is 1. The molecule has 0 N–H and O–H groups in total.